The van der Waals surface area contributed by atoms with E-state index in [0.717, 1.165) is 4.74 Å². The first-order valence-electron chi connectivity index (χ1n) is 7.44. The molecule has 37 heavy (non-hydrogen) atoms. The molecule has 0 saturated heterocycles. The van der Waals surface area contributed by atoms with E-state index in [1.165, 1.54) is 0 Å². The maximum absolute atomic E-state index is 13.3. The van der Waals surface area contributed by atoms with Gasteiger partial charge in [-0.05, 0) is 0 Å². The zero-order valence-electron chi connectivity index (χ0n) is 15.5. The van der Waals surface area contributed by atoms with Crippen LogP contribution in [0.5, 0.6) is 0 Å². The smallest absolute Gasteiger partial charge is 0.244 e. The Bertz CT molecular complexity index is 869. The molecular formula is C12F24O. The Labute approximate surface area is 183 Å². The van der Waals surface area contributed by atoms with Crippen LogP contribution >= 0.6 is 0 Å². The van der Waals surface area contributed by atoms with Crippen LogP contribution in [0.1, 0.15) is 0 Å². The minimum Gasteiger partial charge on any atom is -0.244 e. The predicted octanol–water partition coefficient (Wildman–Crippen LogP) is 8.28. The van der Waals surface area contributed by atoms with Gasteiger partial charge in [-0.2, -0.15) is 105 Å². The SMILES string of the molecule is FC(=C(F)C(F)(F)OC(F)(F)C(F)(F)C(F)(F)C(F)(F)C(F)(F)C(F)(F)C(F)(F)C(F)(F)F)C(F)(F)F. The van der Waals surface area contributed by atoms with Crippen LogP contribution in [0.3, 0.4) is 0 Å². The van der Waals surface area contributed by atoms with E-state index < -0.39 is 71.8 Å². The van der Waals surface area contributed by atoms with Gasteiger partial charge in [0.05, 0.1) is 0 Å². The summed E-state index contributed by atoms with van der Waals surface area (Å²) in [6.07, 6.45) is -31.0. The Hall–Kier alpha value is -1.98. The number of ether oxygens (including phenoxy) is 1. The molecule has 0 heterocycles. The highest BCUT2D eigenvalue weighted by atomic mass is 19.4. The fourth-order valence-corrected chi connectivity index (χ4v) is 1.67. The summed E-state index contributed by atoms with van der Waals surface area (Å²) in [5.74, 6) is -63.7. The number of hydrogen-bond acceptors (Lipinski definition) is 1. The van der Waals surface area contributed by atoms with Gasteiger partial charge in [0.15, 0.2) is 0 Å². The molecule has 0 aliphatic carbocycles. The molecule has 0 atom stereocenters. The quantitative estimate of drug-likeness (QED) is 0.237. The average molecular weight is 616 g/mol. The minimum absolute atomic E-state index is 1.11. The van der Waals surface area contributed by atoms with Crippen LogP contribution in [0.25, 0.3) is 0 Å². The van der Waals surface area contributed by atoms with Gasteiger partial charge < -0.3 is 0 Å². The summed E-state index contributed by atoms with van der Waals surface area (Å²) in [5.41, 5.74) is 0. The van der Waals surface area contributed by atoms with Crippen molar-refractivity contribution in [1.82, 2.24) is 0 Å². The van der Waals surface area contributed by atoms with Crippen LogP contribution < -0.4 is 0 Å². The lowest BCUT2D eigenvalue weighted by atomic mass is 9.90. The third-order valence-electron chi connectivity index (χ3n) is 3.65. The number of allylic oxidation sites excluding steroid dienone is 1. The van der Waals surface area contributed by atoms with Gasteiger partial charge in [0.2, 0.25) is 11.7 Å². The topological polar surface area (TPSA) is 9.23 Å². The van der Waals surface area contributed by atoms with E-state index in [0.29, 0.717) is 0 Å². The Morgan fingerprint density at radius 3 is 0.892 bits per heavy atom. The Morgan fingerprint density at radius 1 is 0.351 bits per heavy atom. The summed E-state index contributed by atoms with van der Waals surface area (Å²) in [5, 5.41) is 0. The second kappa shape index (κ2) is 8.77. The molecule has 0 rings (SSSR count). The van der Waals surface area contributed by atoms with Crippen LogP contribution in [0, 0.1) is 0 Å². The van der Waals surface area contributed by atoms with E-state index in [4.69, 9.17) is 0 Å². The molecule has 0 radical (unpaired) electrons. The van der Waals surface area contributed by atoms with Crippen molar-refractivity contribution < 1.29 is 110 Å². The lowest BCUT2D eigenvalue weighted by Gasteiger charge is -2.42. The largest absolute Gasteiger partial charge is 0.460 e. The van der Waals surface area contributed by atoms with Gasteiger partial charge in [0.1, 0.15) is 0 Å². The van der Waals surface area contributed by atoms with Gasteiger partial charge in [-0.1, -0.05) is 0 Å². The van der Waals surface area contributed by atoms with Gasteiger partial charge in [0, 0.05) is 0 Å². The molecule has 0 aromatic carbocycles. The second-order valence-electron chi connectivity index (χ2n) is 6.21. The van der Waals surface area contributed by atoms with E-state index in [1.54, 1.807) is 0 Å². The monoisotopic (exact) mass is 616 g/mol. The van der Waals surface area contributed by atoms with Crippen molar-refractivity contribution in [3.05, 3.63) is 11.7 Å². The Morgan fingerprint density at radius 2 is 0.622 bits per heavy atom. The van der Waals surface area contributed by atoms with E-state index in [-0.39, 0.29) is 0 Å². The molecule has 0 aromatic rings. The van der Waals surface area contributed by atoms with Crippen LogP contribution in [0.15, 0.2) is 11.7 Å². The first kappa shape index (κ1) is 35.0. The summed E-state index contributed by atoms with van der Waals surface area (Å²) in [7, 11) is 0. The summed E-state index contributed by atoms with van der Waals surface area (Å²) >= 11 is 0. The number of halogens is 24. The molecule has 1 nitrogen and oxygen atoms in total. The van der Waals surface area contributed by atoms with Crippen molar-refractivity contribution in [3.63, 3.8) is 0 Å². The fraction of sp³-hybridized carbons (Fsp3) is 0.833. The molecule has 0 bridgehead atoms. The lowest BCUT2D eigenvalue weighted by Crippen LogP contribution is -2.74. The van der Waals surface area contributed by atoms with Gasteiger partial charge in [-0.25, -0.2) is 4.74 Å². The van der Waals surface area contributed by atoms with Gasteiger partial charge >= 0.3 is 60.1 Å². The Kier molecular flexibility index (Phi) is 8.30. The van der Waals surface area contributed by atoms with Gasteiger partial charge in [0.25, 0.3) is 0 Å². The van der Waals surface area contributed by atoms with Crippen molar-refractivity contribution in [2.45, 2.75) is 60.1 Å². The highest BCUT2D eigenvalue weighted by molar-refractivity contribution is 5.15. The van der Waals surface area contributed by atoms with Gasteiger partial charge in [-0.3, -0.25) is 0 Å². The van der Waals surface area contributed by atoms with Crippen LogP contribution in [0.4, 0.5) is 105 Å². The summed E-state index contributed by atoms with van der Waals surface area (Å²) in [4.78, 5) is 0. The minimum atomic E-state index is -9.23. The van der Waals surface area contributed by atoms with Crippen molar-refractivity contribution >= 4 is 0 Å². The summed E-state index contributed by atoms with van der Waals surface area (Å²) < 4.78 is 306. The van der Waals surface area contributed by atoms with Crippen molar-refractivity contribution in [2.75, 3.05) is 0 Å². The average Bonchev–Trinajstić information content (AvgIpc) is 2.63. The molecule has 0 unspecified atom stereocenters. The lowest BCUT2D eigenvalue weighted by molar-refractivity contribution is -0.494. The van der Waals surface area contributed by atoms with Crippen molar-refractivity contribution in [3.8, 4) is 0 Å². The third kappa shape index (κ3) is 5.06. The van der Waals surface area contributed by atoms with E-state index >= 15 is 0 Å². The first-order valence-corrected chi connectivity index (χ1v) is 7.44. The molecule has 0 aliphatic rings. The zero-order chi connectivity index (χ0) is 30.9. The summed E-state index contributed by atoms with van der Waals surface area (Å²) in [6, 6.07) is 0. The highest BCUT2D eigenvalue weighted by Gasteiger charge is 2.95. The molecule has 222 valence electrons. The second-order valence-corrected chi connectivity index (χ2v) is 6.21. The molecule has 0 aliphatic heterocycles. The maximum Gasteiger partial charge on any atom is 0.460 e. The molecule has 0 fully saturated rings. The van der Waals surface area contributed by atoms with Crippen molar-refractivity contribution in [1.29, 1.82) is 0 Å². The zero-order valence-corrected chi connectivity index (χ0v) is 15.5. The molecule has 0 N–H and O–H groups in total. The van der Waals surface area contributed by atoms with Crippen LogP contribution in [-0.2, 0) is 4.74 Å². The standard InChI is InChI=1S/C12F24O/c13-1(3(15,16)17)2(14)4(18,19)37-12(35,36)10(30,31)8(26,27)6(22,23)5(20,21)7(24,25)9(28,29)11(32,33)34. The molecular weight excluding hydrogens is 616 g/mol. The number of hydrogen-bond donors (Lipinski definition) is 0. The first-order chi connectivity index (χ1) is 15.5. The van der Waals surface area contributed by atoms with E-state index in [2.05, 4.69) is 0 Å². The highest BCUT2D eigenvalue weighted by Crippen LogP contribution is 2.64. The normalized spacial score (nSPS) is 17.2. The van der Waals surface area contributed by atoms with Gasteiger partial charge in [-0.15, -0.1) is 0 Å². The van der Waals surface area contributed by atoms with E-state index in [9.17, 15) is 105 Å². The molecule has 0 spiro atoms. The van der Waals surface area contributed by atoms with Crippen molar-refractivity contribution in [2.24, 2.45) is 0 Å². The fourth-order valence-electron chi connectivity index (χ4n) is 1.67. The predicted molar refractivity (Wildman–Crippen MR) is 62.0 cm³/mol. The Balaban J connectivity index is 6.87. The molecule has 25 heteroatoms. The molecule has 0 amide bonds. The molecule has 0 saturated carbocycles. The molecule has 0 aromatic heterocycles. The van der Waals surface area contributed by atoms with E-state index in [1.807, 2.05) is 0 Å². The number of alkyl halides is 22. The third-order valence-corrected chi connectivity index (χ3v) is 3.65. The maximum atomic E-state index is 13.3. The summed E-state index contributed by atoms with van der Waals surface area (Å²) in [6.45, 7) is 0. The van der Waals surface area contributed by atoms with Crippen LogP contribution in [-0.4, -0.2) is 60.1 Å². The van der Waals surface area contributed by atoms with Crippen LogP contribution in [0.2, 0.25) is 0 Å². The number of rotatable bonds is 9.